The molecule has 0 spiro atoms. The van der Waals surface area contributed by atoms with Crippen LogP contribution < -0.4 is 10.6 Å². The van der Waals surface area contributed by atoms with Crippen LogP contribution in [0.15, 0.2) is 22.9 Å². The molecule has 0 unspecified atom stereocenters. The summed E-state index contributed by atoms with van der Waals surface area (Å²) >= 11 is 3.44. The number of hydrogen-bond acceptors (Lipinski definition) is 6. The number of aryl methyl sites for hydroxylation is 1. The number of nitrogens with zero attached hydrogens (tertiary/aromatic N) is 4. The first-order valence-electron chi connectivity index (χ1n) is 6.48. The molecule has 0 amide bonds. The minimum atomic E-state index is 0.589. The lowest BCUT2D eigenvalue weighted by Crippen LogP contribution is -2.09. The Morgan fingerprint density at radius 1 is 1.20 bits per heavy atom. The van der Waals surface area contributed by atoms with Gasteiger partial charge in [0.15, 0.2) is 0 Å². The molecule has 0 aliphatic heterocycles. The molecular formula is C13H17BrN6. The van der Waals surface area contributed by atoms with Gasteiger partial charge in [0, 0.05) is 18.9 Å². The molecule has 0 aliphatic rings. The fourth-order valence-electron chi connectivity index (χ4n) is 1.59. The molecule has 0 atom stereocenters. The lowest BCUT2D eigenvalue weighted by Gasteiger charge is -2.09. The number of nitrogens with one attached hydrogen (secondary N) is 2. The Labute approximate surface area is 126 Å². The number of halogens is 1. The van der Waals surface area contributed by atoms with Gasteiger partial charge in [-0.05, 0) is 35.3 Å². The number of anilines is 2. The lowest BCUT2D eigenvalue weighted by molar-refractivity contribution is 0.934. The standard InChI is InChI=1S/C13H17BrN6/c1-3-5-16-13-18-8-11(14)12(20-13)17-7-10-4-6-15-9(2)19-10/h4,6,8H,3,5,7H2,1-2H3,(H2,16,17,18,20). The molecule has 20 heavy (non-hydrogen) atoms. The Bertz CT molecular complexity index is 575. The van der Waals surface area contributed by atoms with Crippen molar-refractivity contribution < 1.29 is 0 Å². The minimum Gasteiger partial charge on any atom is -0.363 e. The zero-order chi connectivity index (χ0) is 14.4. The van der Waals surface area contributed by atoms with E-state index in [0.717, 1.165) is 34.8 Å². The topological polar surface area (TPSA) is 75.6 Å². The van der Waals surface area contributed by atoms with Gasteiger partial charge in [-0.25, -0.2) is 15.0 Å². The second-order valence-corrected chi connectivity index (χ2v) is 5.12. The van der Waals surface area contributed by atoms with Gasteiger partial charge in [0.2, 0.25) is 5.95 Å². The molecule has 0 aromatic carbocycles. The van der Waals surface area contributed by atoms with Crippen LogP contribution in [-0.2, 0) is 6.54 Å². The van der Waals surface area contributed by atoms with Gasteiger partial charge in [-0.15, -0.1) is 0 Å². The summed E-state index contributed by atoms with van der Waals surface area (Å²) in [4.78, 5) is 17.1. The van der Waals surface area contributed by atoms with Crippen LogP contribution in [0.5, 0.6) is 0 Å². The van der Waals surface area contributed by atoms with Gasteiger partial charge in [-0.1, -0.05) is 6.92 Å². The highest BCUT2D eigenvalue weighted by Gasteiger charge is 2.05. The molecule has 2 aromatic rings. The largest absolute Gasteiger partial charge is 0.363 e. The van der Waals surface area contributed by atoms with E-state index in [-0.39, 0.29) is 0 Å². The van der Waals surface area contributed by atoms with Crippen molar-refractivity contribution in [2.24, 2.45) is 0 Å². The van der Waals surface area contributed by atoms with Crippen molar-refractivity contribution in [3.8, 4) is 0 Å². The number of aromatic nitrogens is 4. The Morgan fingerprint density at radius 3 is 2.80 bits per heavy atom. The van der Waals surface area contributed by atoms with E-state index in [9.17, 15) is 0 Å². The highest BCUT2D eigenvalue weighted by Crippen LogP contribution is 2.20. The van der Waals surface area contributed by atoms with Crippen molar-refractivity contribution in [3.05, 3.63) is 34.5 Å². The molecule has 0 saturated carbocycles. The van der Waals surface area contributed by atoms with E-state index in [4.69, 9.17) is 0 Å². The van der Waals surface area contributed by atoms with Gasteiger partial charge in [0.1, 0.15) is 11.6 Å². The maximum absolute atomic E-state index is 4.42. The molecule has 2 N–H and O–H groups in total. The molecule has 0 bridgehead atoms. The van der Waals surface area contributed by atoms with Crippen molar-refractivity contribution in [1.82, 2.24) is 19.9 Å². The minimum absolute atomic E-state index is 0.589. The molecule has 7 heteroatoms. The van der Waals surface area contributed by atoms with Crippen LogP contribution in [0.25, 0.3) is 0 Å². The molecule has 2 rings (SSSR count). The average molecular weight is 337 g/mol. The quantitative estimate of drug-likeness (QED) is 0.844. The van der Waals surface area contributed by atoms with Crippen LogP contribution in [0, 0.1) is 6.92 Å². The summed E-state index contributed by atoms with van der Waals surface area (Å²) in [6, 6.07) is 1.88. The molecule has 6 nitrogen and oxygen atoms in total. The van der Waals surface area contributed by atoms with Crippen molar-refractivity contribution in [2.45, 2.75) is 26.8 Å². The van der Waals surface area contributed by atoms with E-state index in [1.807, 2.05) is 13.0 Å². The van der Waals surface area contributed by atoms with Crippen molar-refractivity contribution in [1.29, 1.82) is 0 Å². The molecule has 2 heterocycles. The maximum atomic E-state index is 4.42. The third kappa shape index (κ3) is 4.12. The summed E-state index contributed by atoms with van der Waals surface area (Å²) in [5.41, 5.74) is 0.922. The Balaban J connectivity index is 2.04. The summed E-state index contributed by atoms with van der Waals surface area (Å²) in [6.07, 6.45) is 4.52. The summed E-state index contributed by atoms with van der Waals surface area (Å²) in [5, 5.41) is 6.41. The van der Waals surface area contributed by atoms with E-state index in [1.165, 1.54) is 0 Å². The summed E-state index contributed by atoms with van der Waals surface area (Å²) in [7, 11) is 0. The SMILES string of the molecule is CCCNc1ncc(Br)c(NCc2ccnc(C)n2)n1. The van der Waals surface area contributed by atoms with Gasteiger partial charge in [-0.3, -0.25) is 0 Å². The van der Waals surface area contributed by atoms with Crippen LogP contribution in [0.3, 0.4) is 0 Å². The summed E-state index contributed by atoms with van der Waals surface area (Å²) in [5.74, 6) is 2.13. The first kappa shape index (κ1) is 14.6. The van der Waals surface area contributed by atoms with Crippen molar-refractivity contribution >= 4 is 27.7 Å². The van der Waals surface area contributed by atoms with E-state index in [2.05, 4.69) is 53.4 Å². The maximum Gasteiger partial charge on any atom is 0.224 e. The van der Waals surface area contributed by atoms with E-state index in [1.54, 1.807) is 12.4 Å². The smallest absolute Gasteiger partial charge is 0.224 e. The zero-order valence-corrected chi connectivity index (χ0v) is 13.1. The molecule has 2 aromatic heterocycles. The number of rotatable bonds is 6. The van der Waals surface area contributed by atoms with Crippen LogP contribution >= 0.6 is 15.9 Å². The zero-order valence-electron chi connectivity index (χ0n) is 11.5. The predicted molar refractivity (Wildman–Crippen MR) is 82.6 cm³/mol. The van der Waals surface area contributed by atoms with Crippen LogP contribution in [0.2, 0.25) is 0 Å². The number of hydrogen-bond donors (Lipinski definition) is 2. The van der Waals surface area contributed by atoms with Gasteiger partial charge in [0.05, 0.1) is 16.7 Å². The third-order valence-electron chi connectivity index (χ3n) is 2.55. The monoisotopic (exact) mass is 336 g/mol. The lowest BCUT2D eigenvalue weighted by atomic mass is 10.4. The second kappa shape index (κ2) is 7.14. The highest BCUT2D eigenvalue weighted by atomic mass is 79.9. The molecular weight excluding hydrogens is 320 g/mol. The predicted octanol–water partition coefficient (Wildman–Crippen LogP) is 2.77. The molecule has 0 radical (unpaired) electrons. The van der Waals surface area contributed by atoms with Crippen LogP contribution in [0.1, 0.15) is 24.9 Å². The van der Waals surface area contributed by atoms with Gasteiger partial charge < -0.3 is 10.6 Å². The van der Waals surface area contributed by atoms with Gasteiger partial charge >= 0.3 is 0 Å². The summed E-state index contributed by atoms with van der Waals surface area (Å²) < 4.78 is 0.824. The first-order valence-corrected chi connectivity index (χ1v) is 7.27. The van der Waals surface area contributed by atoms with Crippen molar-refractivity contribution in [3.63, 3.8) is 0 Å². The average Bonchev–Trinajstić information content (AvgIpc) is 2.45. The van der Waals surface area contributed by atoms with E-state index in [0.29, 0.717) is 12.5 Å². The first-order chi connectivity index (χ1) is 9.69. The van der Waals surface area contributed by atoms with Crippen molar-refractivity contribution in [2.75, 3.05) is 17.2 Å². The fourth-order valence-corrected chi connectivity index (χ4v) is 1.92. The molecule has 0 fully saturated rings. The van der Waals surface area contributed by atoms with E-state index < -0.39 is 0 Å². The second-order valence-electron chi connectivity index (χ2n) is 4.27. The summed E-state index contributed by atoms with van der Waals surface area (Å²) in [6.45, 7) is 5.41. The van der Waals surface area contributed by atoms with Crippen LogP contribution in [0.4, 0.5) is 11.8 Å². The van der Waals surface area contributed by atoms with Crippen LogP contribution in [-0.4, -0.2) is 26.5 Å². The molecule has 0 saturated heterocycles. The fraction of sp³-hybridized carbons (Fsp3) is 0.385. The Kier molecular flexibility index (Phi) is 5.23. The van der Waals surface area contributed by atoms with Gasteiger partial charge in [0.25, 0.3) is 0 Å². The van der Waals surface area contributed by atoms with Gasteiger partial charge in [-0.2, -0.15) is 4.98 Å². The Morgan fingerprint density at radius 2 is 2.05 bits per heavy atom. The highest BCUT2D eigenvalue weighted by molar-refractivity contribution is 9.10. The Hall–Kier alpha value is -1.76. The van der Waals surface area contributed by atoms with E-state index >= 15 is 0 Å². The molecule has 0 aliphatic carbocycles. The molecule has 106 valence electrons. The normalized spacial score (nSPS) is 10.3. The third-order valence-corrected chi connectivity index (χ3v) is 3.13.